The van der Waals surface area contributed by atoms with Gasteiger partial charge in [0.05, 0.1) is 16.9 Å². The van der Waals surface area contributed by atoms with E-state index < -0.39 is 0 Å². The third-order valence-electron chi connectivity index (χ3n) is 4.72. The van der Waals surface area contributed by atoms with Crippen LogP contribution in [-0.2, 0) is 13.0 Å². The topological polar surface area (TPSA) is 68.5 Å². The molecule has 0 radical (unpaired) electrons. The number of thiophene rings is 1. The van der Waals surface area contributed by atoms with Gasteiger partial charge in [0.1, 0.15) is 10.6 Å². The van der Waals surface area contributed by atoms with Crippen molar-refractivity contribution >= 4 is 33.1 Å². The van der Waals surface area contributed by atoms with Crippen LogP contribution in [0.5, 0.6) is 5.75 Å². The first-order chi connectivity index (χ1) is 12.7. The Hall–Kier alpha value is -2.44. The predicted octanol–water partition coefficient (Wildman–Crippen LogP) is 3.75. The summed E-state index contributed by atoms with van der Waals surface area (Å²) in [6.07, 6.45) is 3.64. The number of carbonyl (C=O) groups excluding carboxylic acids is 1. The van der Waals surface area contributed by atoms with Crippen LogP contribution in [0.25, 0.3) is 10.2 Å². The Morgan fingerprint density at radius 1 is 1.38 bits per heavy atom. The third-order valence-corrected chi connectivity index (χ3v) is 5.75. The lowest BCUT2D eigenvalue weighted by Gasteiger charge is -2.30. The highest BCUT2D eigenvalue weighted by atomic mass is 32.1. The molecule has 2 aromatic heterocycles. The van der Waals surface area contributed by atoms with Crippen LogP contribution in [0, 0.1) is 0 Å². The SMILES string of the molecule is CCOc1ccnc2sc(C(=O)N3CCCc4c(CN)cccc43)cc12. The summed E-state index contributed by atoms with van der Waals surface area (Å²) in [6.45, 7) is 3.75. The fourth-order valence-corrected chi connectivity index (χ4v) is 4.50. The lowest BCUT2D eigenvalue weighted by molar-refractivity contribution is 0.0989. The second kappa shape index (κ2) is 7.05. The van der Waals surface area contributed by atoms with Gasteiger partial charge in [0.25, 0.3) is 5.91 Å². The van der Waals surface area contributed by atoms with Gasteiger partial charge in [0.2, 0.25) is 0 Å². The molecule has 0 aliphatic carbocycles. The van der Waals surface area contributed by atoms with E-state index in [0.29, 0.717) is 18.0 Å². The fourth-order valence-electron chi connectivity index (χ4n) is 3.54. The number of aromatic nitrogens is 1. The van der Waals surface area contributed by atoms with Crippen LogP contribution >= 0.6 is 11.3 Å². The summed E-state index contributed by atoms with van der Waals surface area (Å²) in [5.41, 5.74) is 9.18. The maximum atomic E-state index is 13.2. The number of pyridine rings is 1. The molecule has 0 bridgehead atoms. The van der Waals surface area contributed by atoms with Crippen molar-refractivity contribution in [2.24, 2.45) is 5.73 Å². The van der Waals surface area contributed by atoms with Gasteiger partial charge in [-0.3, -0.25) is 4.79 Å². The van der Waals surface area contributed by atoms with E-state index in [1.165, 1.54) is 16.9 Å². The molecule has 3 aromatic rings. The van der Waals surface area contributed by atoms with Crippen molar-refractivity contribution in [3.63, 3.8) is 0 Å². The van der Waals surface area contributed by atoms with Crippen molar-refractivity contribution in [2.75, 3.05) is 18.1 Å². The quantitative estimate of drug-likeness (QED) is 0.763. The highest BCUT2D eigenvalue weighted by molar-refractivity contribution is 7.20. The van der Waals surface area contributed by atoms with Crippen LogP contribution in [0.2, 0.25) is 0 Å². The molecule has 1 aromatic carbocycles. The minimum absolute atomic E-state index is 0.0190. The van der Waals surface area contributed by atoms with Gasteiger partial charge in [-0.1, -0.05) is 12.1 Å². The average molecular weight is 367 g/mol. The Balaban J connectivity index is 1.74. The molecule has 26 heavy (non-hydrogen) atoms. The number of fused-ring (bicyclic) bond motifs is 2. The van der Waals surface area contributed by atoms with Gasteiger partial charge in [-0.2, -0.15) is 0 Å². The van der Waals surface area contributed by atoms with E-state index in [-0.39, 0.29) is 5.91 Å². The molecule has 3 heterocycles. The summed E-state index contributed by atoms with van der Waals surface area (Å²) in [4.78, 5) is 21.0. The zero-order valence-electron chi connectivity index (χ0n) is 14.7. The summed E-state index contributed by atoms with van der Waals surface area (Å²) < 4.78 is 5.67. The molecule has 0 unspecified atom stereocenters. The number of ether oxygens (including phenoxy) is 1. The fraction of sp³-hybridized carbons (Fsp3) is 0.300. The number of nitrogens with two attached hydrogens (primary N) is 1. The first-order valence-corrected chi connectivity index (χ1v) is 9.68. The van der Waals surface area contributed by atoms with Crippen LogP contribution in [0.15, 0.2) is 36.5 Å². The molecule has 1 aliphatic rings. The predicted molar refractivity (Wildman–Crippen MR) is 105 cm³/mol. The average Bonchev–Trinajstić information content (AvgIpc) is 3.12. The van der Waals surface area contributed by atoms with Crippen LogP contribution < -0.4 is 15.4 Å². The Bertz CT molecular complexity index is 967. The number of carbonyl (C=O) groups is 1. The minimum Gasteiger partial charge on any atom is -0.493 e. The largest absolute Gasteiger partial charge is 0.493 e. The number of anilines is 1. The summed E-state index contributed by atoms with van der Waals surface area (Å²) in [7, 11) is 0. The first-order valence-electron chi connectivity index (χ1n) is 8.87. The molecule has 5 nitrogen and oxygen atoms in total. The van der Waals surface area contributed by atoms with Crippen LogP contribution in [0.1, 0.15) is 34.1 Å². The molecule has 1 aliphatic heterocycles. The summed E-state index contributed by atoms with van der Waals surface area (Å²) in [5, 5.41) is 0.899. The molecule has 6 heteroatoms. The second-order valence-electron chi connectivity index (χ2n) is 6.25. The second-order valence-corrected chi connectivity index (χ2v) is 7.28. The Kier molecular flexibility index (Phi) is 4.61. The van der Waals surface area contributed by atoms with Gasteiger partial charge in [0, 0.05) is 25.0 Å². The summed E-state index contributed by atoms with van der Waals surface area (Å²) in [6, 6.07) is 9.79. The number of rotatable bonds is 4. The van der Waals surface area contributed by atoms with Gasteiger partial charge in [-0.05, 0) is 49.1 Å². The van der Waals surface area contributed by atoms with Gasteiger partial charge in [-0.25, -0.2) is 4.98 Å². The molecule has 2 N–H and O–H groups in total. The van der Waals surface area contributed by atoms with E-state index in [1.54, 1.807) is 6.20 Å². The molecule has 0 spiro atoms. The highest BCUT2D eigenvalue weighted by Crippen LogP contribution is 2.35. The minimum atomic E-state index is 0.0190. The molecule has 1 amide bonds. The van der Waals surface area contributed by atoms with Crippen molar-refractivity contribution < 1.29 is 9.53 Å². The van der Waals surface area contributed by atoms with Crippen molar-refractivity contribution in [1.82, 2.24) is 4.98 Å². The van der Waals surface area contributed by atoms with E-state index in [0.717, 1.165) is 46.6 Å². The highest BCUT2D eigenvalue weighted by Gasteiger charge is 2.26. The van der Waals surface area contributed by atoms with E-state index in [9.17, 15) is 4.79 Å². The molecule has 134 valence electrons. The van der Waals surface area contributed by atoms with Crippen molar-refractivity contribution in [2.45, 2.75) is 26.3 Å². The standard InChI is InChI=1S/C20H21N3O2S/c1-2-25-17-8-9-22-19-15(17)11-18(26-19)20(24)23-10-4-6-14-13(12-21)5-3-7-16(14)23/h3,5,7-9,11H,2,4,6,10,12,21H2,1H3. The number of amides is 1. The van der Waals surface area contributed by atoms with Gasteiger partial charge in [0.15, 0.2) is 0 Å². The van der Waals surface area contributed by atoms with E-state index in [4.69, 9.17) is 10.5 Å². The van der Waals surface area contributed by atoms with Crippen LogP contribution in [0.3, 0.4) is 0 Å². The molecule has 0 saturated heterocycles. The van der Waals surface area contributed by atoms with E-state index >= 15 is 0 Å². The molecule has 4 rings (SSSR count). The van der Waals surface area contributed by atoms with Crippen molar-refractivity contribution in [3.05, 3.63) is 52.5 Å². The number of benzene rings is 1. The smallest absolute Gasteiger partial charge is 0.268 e. The first kappa shape index (κ1) is 17.0. The zero-order valence-corrected chi connectivity index (χ0v) is 15.5. The number of hydrogen-bond donors (Lipinski definition) is 1. The molecular weight excluding hydrogens is 346 g/mol. The third kappa shape index (κ3) is 2.85. The molecule has 0 fully saturated rings. The van der Waals surface area contributed by atoms with Crippen molar-refractivity contribution in [3.8, 4) is 5.75 Å². The normalized spacial score (nSPS) is 13.7. The van der Waals surface area contributed by atoms with E-state index in [1.807, 2.05) is 42.2 Å². The number of hydrogen-bond acceptors (Lipinski definition) is 5. The summed E-state index contributed by atoms with van der Waals surface area (Å²) >= 11 is 1.42. The van der Waals surface area contributed by atoms with Crippen LogP contribution in [0.4, 0.5) is 5.69 Å². The Labute approximate surface area is 156 Å². The Morgan fingerprint density at radius 3 is 3.08 bits per heavy atom. The van der Waals surface area contributed by atoms with Gasteiger partial charge in [-0.15, -0.1) is 11.3 Å². The Morgan fingerprint density at radius 2 is 2.27 bits per heavy atom. The lowest BCUT2D eigenvalue weighted by Crippen LogP contribution is -2.35. The van der Waals surface area contributed by atoms with E-state index in [2.05, 4.69) is 4.98 Å². The molecular formula is C20H21N3O2S. The molecule has 0 atom stereocenters. The lowest BCUT2D eigenvalue weighted by atomic mass is 9.96. The monoisotopic (exact) mass is 367 g/mol. The zero-order chi connectivity index (χ0) is 18.1. The molecule has 0 saturated carbocycles. The van der Waals surface area contributed by atoms with Crippen molar-refractivity contribution in [1.29, 1.82) is 0 Å². The maximum absolute atomic E-state index is 13.2. The van der Waals surface area contributed by atoms with Gasteiger partial charge < -0.3 is 15.4 Å². The van der Waals surface area contributed by atoms with Crippen LogP contribution in [-0.4, -0.2) is 24.0 Å². The maximum Gasteiger partial charge on any atom is 0.268 e. The summed E-state index contributed by atoms with van der Waals surface area (Å²) in [5.74, 6) is 0.794. The van der Waals surface area contributed by atoms with Gasteiger partial charge >= 0.3 is 0 Å². The number of nitrogens with zero attached hydrogens (tertiary/aromatic N) is 2.